The molecule has 0 fully saturated rings. The lowest BCUT2D eigenvalue weighted by Crippen LogP contribution is -2.11. The Morgan fingerprint density at radius 2 is 1.39 bits per heavy atom. The normalized spacial score (nSPS) is 13.0. The minimum absolute atomic E-state index is 0.445. The van der Waals surface area contributed by atoms with Crippen LogP contribution in [0, 0.1) is 11.3 Å². The van der Waals surface area contributed by atoms with E-state index in [1.807, 2.05) is 12.1 Å². The molecule has 23 heavy (non-hydrogen) atoms. The Hall–Kier alpha value is -1.76. The summed E-state index contributed by atoms with van der Waals surface area (Å²) in [7, 11) is 0. The number of nitrogen functional groups attached to an aromatic ring is 1. The Morgan fingerprint density at radius 3 is 1.91 bits per heavy atom. The molecular weight excluding hydrogens is 278 g/mol. The van der Waals surface area contributed by atoms with Crippen molar-refractivity contribution in [2.24, 2.45) is 11.3 Å². The fraction of sp³-hybridized carbons (Fsp3) is 0.455. The minimum Gasteiger partial charge on any atom is -0.399 e. The molecule has 124 valence electrons. The number of hydrogen-bond donors (Lipinski definition) is 1. The Morgan fingerprint density at radius 1 is 0.870 bits per heavy atom. The van der Waals surface area contributed by atoms with Crippen LogP contribution in [-0.2, 0) is 6.42 Å². The van der Waals surface area contributed by atoms with Gasteiger partial charge in [-0.15, -0.1) is 0 Å². The molecule has 0 saturated carbocycles. The molecule has 0 spiro atoms. The highest BCUT2D eigenvalue weighted by Gasteiger charge is 2.14. The van der Waals surface area contributed by atoms with Gasteiger partial charge in [0.2, 0.25) is 0 Å². The predicted octanol–water partition coefficient (Wildman–Crippen LogP) is 6.33. The van der Waals surface area contributed by atoms with E-state index in [4.69, 9.17) is 5.73 Å². The summed E-state index contributed by atoms with van der Waals surface area (Å²) in [5, 5.41) is 0. The number of anilines is 1. The van der Waals surface area contributed by atoms with Crippen LogP contribution < -0.4 is 5.73 Å². The van der Waals surface area contributed by atoms with Crippen molar-refractivity contribution in [1.82, 2.24) is 0 Å². The van der Waals surface area contributed by atoms with E-state index in [0.29, 0.717) is 5.41 Å². The van der Waals surface area contributed by atoms with Gasteiger partial charge in [-0.2, -0.15) is 0 Å². The number of rotatable bonds is 6. The van der Waals surface area contributed by atoms with Gasteiger partial charge in [0, 0.05) is 5.69 Å². The predicted molar refractivity (Wildman–Crippen MR) is 102 cm³/mol. The number of hydrogen-bond acceptors (Lipinski definition) is 1. The monoisotopic (exact) mass is 309 g/mol. The van der Waals surface area contributed by atoms with E-state index in [-0.39, 0.29) is 0 Å². The van der Waals surface area contributed by atoms with Crippen LogP contribution in [0.1, 0.15) is 52.5 Å². The van der Waals surface area contributed by atoms with Gasteiger partial charge in [-0.25, -0.2) is 0 Å². The van der Waals surface area contributed by atoms with Crippen LogP contribution in [0.25, 0.3) is 11.1 Å². The summed E-state index contributed by atoms with van der Waals surface area (Å²) < 4.78 is 0. The van der Waals surface area contributed by atoms with Crippen LogP contribution in [0.4, 0.5) is 5.69 Å². The first-order valence-electron chi connectivity index (χ1n) is 8.78. The average molecular weight is 309 g/mol. The number of benzene rings is 2. The summed E-state index contributed by atoms with van der Waals surface area (Å²) in [6.45, 7) is 9.38. The third-order valence-corrected chi connectivity index (χ3v) is 4.32. The van der Waals surface area contributed by atoms with Crippen molar-refractivity contribution in [3.8, 4) is 11.1 Å². The third kappa shape index (κ3) is 6.09. The summed E-state index contributed by atoms with van der Waals surface area (Å²) in [5.74, 6) is 0.809. The zero-order valence-corrected chi connectivity index (χ0v) is 15.1. The van der Waals surface area contributed by atoms with Crippen molar-refractivity contribution in [1.29, 1.82) is 0 Å². The molecule has 2 rings (SSSR count). The summed E-state index contributed by atoms with van der Waals surface area (Å²) in [4.78, 5) is 0. The summed E-state index contributed by atoms with van der Waals surface area (Å²) in [5.41, 5.74) is 10.9. The number of nitrogens with two attached hydrogens (primary N) is 1. The molecule has 0 aliphatic heterocycles. The summed E-state index contributed by atoms with van der Waals surface area (Å²) >= 11 is 0. The van der Waals surface area contributed by atoms with E-state index in [1.165, 1.54) is 42.4 Å². The van der Waals surface area contributed by atoms with Gasteiger partial charge in [0.1, 0.15) is 0 Å². The van der Waals surface area contributed by atoms with Crippen LogP contribution >= 0.6 is 0 Å². The van der Waals surface area contributed by atoms with Gasteiger partial charge in [-0.3, -0.25) is 0 Å². The molecule has 1 heteroatoms. The Labute approximate surface area is 141 Å². The van der Waals surface area contributed by atoms with Gasteiger partial charge in [0.15, 0.2) is 0 Å². The molecule has 0 heterocycles. The molecule has 1 atom stereocenters. The van der Waals surface area contributed by atoms with Gasteiger partial charge in [-0.05, 0) is 59.4 Å². The molecule has 2 aromatic carbocycles. The van der Waals surface area contributed by atoms with Gasteiger partial charge in [0.25, 0.3) is 0 Å². The quantitative estimate of drug-likeness (QED) is 0.620. The Bertz CT molecular complexity index is 587. The second kappa shape index (κ2) is 7.68. The van der Waals surface area contributed by atoms with Crippen molar-refractivity contribution in [3.05, 3.63) is 54.1 Å². The first-order chi connectivity index (χ1) is 10.8. The van der Waals surface area contributed by atoms with E-state index in [9.17, 15) is 0 Å². The molecular formula is C22H31N. The lowest BCUT2D eigenvalue weighted by Gasteiger charge is -2.23. The minimum atomic E-state index is 0.445. The molecule has 2 N–H and O–H groups in total. The van der Waals surface area contributed by atoms with E-state index < -0.39 is 0 Å². The van der Waals surface area contributed by atoms with Crippen LogP contribution in [0.2, 0.25) is 0 Å². The van der Waals surface area contributed by atoms with Gasteiger partial charge in [0.05, 0.1) is 0 Å². The average Bonchev–Trinajstić information content (AvgIpc) is 2.47. The van der Waals surface area contributed by atoms with Crippen molar-refractivity contribution < 1.29 is 0 Å². The zero-order valence-electron chi connectivity index (χ0n) is 15.1. The Kier molecular flexibility index (Phi) is 5.87. The second-order valence-electron chi connectivity index (χ2n) is 8.08. The van der Waals surface area contributed by atoms with Crippen molar-refractivity contribution in [3.63, 3.8) is 0 Å². The molecule has 1 nitrogen and oxygen atoms in total. The maximum atomic E-state index is 5.75. The highest BCUT2D eigenvalue weighted by Crippen LogP contribution is 2.27. The molecule has 0 aliphatic carbocycles. The topological polar surface area (TPSA) is 26.0 Å². The SMILES string of the molecule is CC(CCCc1ccc(-c2ccc(N)cc2)cc1)CC(C)(C)C. The van der Waals surface area contributed by atoms with Gasteiger partial charge in [-0.1, -0.05) is 70.5 Å². The van der Waals surface area contributed by atoms with Crippen molar-refractivity contribution in [2.45, 2.75) is 53.4 Å². The van der Waals surface area contributed by atoms with E-state index in [0.717, 1.165) is 11.6 Å². The summed E-state index contributed by atoms with van der Waals surface area (Å²) in [6, 6.07) is 17.1. The van der Waals surface area contributed by atoms with Crippen LogP contribution in [0.15, 0.2) is 48.5 Å². The summed E-state index contributed by atoms with van der Waals surface area (Å²) in [6.07, 6.45) is 5.08. The van der Waals surface area contributed by atoms with Gasteiger partial charge < -0.3 is 5.73 Å². The molecule has 0 bridgehead atoms. The molecule has 0 aromatic heterocycles. The molecule has 0 amide bonds. The molecule has 0 saturated heterocycles. The van der Waals surface area contributed by atoms with E-state index >= 15 is 0 Å². The lowest BCUT2D eigenvalue weighted by molar-refractivity contribution is 0.293. The maximum absolute atomic E-state index is 5.75. The standard InChI is InChI=1S/C22H31N/c1-17(16-22(2,3)4)6-5-7-18-8-10-19(11-9-18)20-12-14-21(23)15-13-20/h8-15,17H,5-7,16,23H2,1-4H3. The fourth-order valence-electron chi connectivity index (χ4n) is 3.34. The largest absolute Gasteiger partial charge is 0.399 e. The zero-order chi connectivity index (χ0) is 16.9. The van der Waals surface area contributed by atoms with E-state index in [1.54, 1.807) is 0 Å². The van der Waals surface area contributed by atoms with Crippen molar-refractivity contribution in [2.75, 3.05) is 5.73 Å². The fourth-order valence-corrected chi connectivity index (χ4v) is 3.34. The first kappa shape index (κ1) is 17.6. The third-order valence-electron chi connectivity index (χ3n) is 4.32. The van der Waals surface area contributed by atoms with Crippen LogP contribution in [0.3, 0.4) is 0 Å². The highest BCUT2D eigenvalue weighted by atomic mass is 14.5. The Balaban J connectivity index is 1.84. The van der Waals surface area contributed by atoms with Crippen molar-refractivity contribution >= 4 is 5.69 Å². The first-order valence-corrected chi connectivity index (χ1v) is 8.78. The molecule has 2 aromatic rings. The molecule has 1 unspecified atom stereocenters. The lowest BCUT2D eigenvalue weighted by atomic mass is 9.83. The van der Waals surface area contributed by atoms with Crippen LogP contribution in [-0.4, -0.2) is 0 Å². The molecule has 0 aliphatic rings. The number of aryl methyl sites for hydroxylation is 1. The van der Waals surface area contributed by atoms with E-state index in [2.05, 4.69) is 64.1 Å². The molecule has 0 radical (unpaired) electrons. The highest BCUT2D eigenvalue weighted by molar-refractivity contribution is 5.65. The van der Waals surface area contributed by atoms with Gasteiger partial charge >= 0.3 is 0 Å². The van der Waals surface area contributed by atoms with Crippen LogP contribution in [0.5, 0.6) is 0 Å². The maximum Gasteiger partial charge on any atom is 0.0314 e. The second-order valence-corrected chi connectivity index (χ2v) is 8.08. The smallest absolute Gasteiger partial charge is 0.0314 e.